The third-order valence-electron chi connectivity index (χ3n) is 1.88. The van der Waals surface area contributed by atoms with Crippen LogP contribution >= 0.6 is 11.8 Å². The van der Waals surface area contributed by atoms with Gasteiger partial charge in [0.05, 0.1) is 6.10 Å². The number of aliphatic hydroxyl groups excluding tert-OH is 1. The van der Waals surface area contributed by atoms with Gasteiger partial charge in [-0.1, -0.05) is 6.92 Å². The van der Waals surface area contributed by atoms with Gasteiger partial charge in [0.25, 0.3) is 0 Å². The molecule has 0 aromatic heterocycles. The molecular formula is C10H14FNOS. The van der Waals surface area contributed by atoms with Crippen molar-refractivity contribution in [3.63, 3.8) is 0 Å². The highest BCUT2D eigenvalue weighted by Crippen LogP contribution is 2.26. The molecule has 0 bridgehead atoms. The maximum atomic E-state index is 12.8. The molecule has 0 amide bonds. The Hall–Kier alpha value is -0.740. The summed E-state index contributed by atoms with van der Waals surface area (Å²) in [5, 5.41) is 9.32. The van der Waals surface area contributed by atoms with Gasteiger partial charge in [0.2, 0.25) is 0 Å². The Kier molecular flexibility index (Phi) is 4.22. The standard InChI is InChI=1S/C10H14FNOS/c1-2-8(13)6-14-10-5-7(11)3-4-9(10)12/h3-5,8,13H,2,6,12H2,1H3. The van der Waals surface area contributed by atoms with E-state index >= 15 is 0 Å². The molecule has 1 atom stereocenters. The second-order valence-corrected chi connectivity index (χ2v) is 4.12. The molecular weight excluding hydrogens is 201 g/mol. The van der Waals surface area contributed by atoms with E-state index in [1.54, 1.807) is 0 Å². The molecule has 14 heavy (non-hydrogen) atoms. The van der Waals surface area contributed by atoms with Crippen LogP contribution < -0.4 is 5.73 Å². The molecule has 0 spiro atoms. The third kappa shape index (κ3) is 3.20. The van der Waals surface area contributed by atoms with Crippen molar-refractivity contribution in [3.05, 3.63) is 24.0 Å². The van der Waals surface area contributed by atoms with E-state index < -0.39 is 0 Å². The average Bonchev–Trinajstić information content (AvgIpc) is 2.19. The minimum Gasteiger partial charge on any atom is -0.398 e. The van der Waals surface area contributed by atoms with Crippen molar-refractivity contribution in [2.75, 3.05) is 11.5 Å². The molecule has 1 aromatic rings. The molecule has 1 aromatic carbocycles. The number of rotatable bonds is 4. The van der Waals surface area contributed by atoms with Gasteiger partial charge in [-0.15, -0.1) is 11.8 Å². The summed E-state index contributed by atoms with van der Waals surface area (Å²) in [6.07, 6.45) is 0.338. The predicted molar refractivity (Wildman–Crippen MR) is 57.8 cm³/mol. The number of hydrogen-bond donors (Lipinski definition) is 2. The van der Waals surface area contributed by atoms with Crippen LogP contribution in [-0.2, 0) is 0 Å². The van der Waals surface area contributed by atoms with Gasteiger partial charge in [-0.25, -0.2) is 4.39 Å². The van der Waals surface area contributed by atoms with E-state index in [4.69, 9.17) is 5.73 Å². The molecule has 3 N–H and O–H groups in total. The van der Waals surface area contributed by atoms with Gasteiger partial charge in [-0.2, -0.15) is 0 Å². The number of benzene rings is 1. The Balaban J connectivity index is 2.62. The van der Waals surface area contributed by atoms with Crippen LogP contribution in [-0.4, -0.2) is 17.0 Å². The summed E-state index contributed by atoms with van der Waals surface area (Å²) < 4.78 is 12.8. The van der Waals surface area contributed by atoms with Gasteiger partial charge in [0.15, 0.2) is 0 Å². The summed E-state index contributed by atoms with van der Waals surface area (Å²) >= 11 is 1.38. The van der Waals surface area contributed by atoms with Gasteiger partial charge >= 0.3 is 0 Å². The highest BCUT2D eigenvalue weighted by Gasteiger charge is 2.05. The highest BCUT2D eigenvalue weighted by atomic mass is 32.2. The quantitative estimate of drug-likeness (QED) is 0.598. The summed E-state index contributed by atoms with van der Waals surface area (Å²) in [6.45, 7) is 1.90. The van der Waals surface area contributed by atoms with Crippen molar-refractivity contribution in [1.82, 2.24) is 0 Å². The Morgan fingerprint density at radius 2 is 2.29 bits per heavy atom. The van der Waals surface area contributed by atoms with E-state index in [1.165, 1.54) is 30.0 Å². The van der Waals surface area contributed by atoms with Crippen molar-refractivity contribution in [3.8, 4) is 0 Å². The molecule has 0 heterocycles. The molecule has 1 rings (SSSR count). The molecule has 4 heteroatoms. The van der Waals surface area contributed by atoms with Crippen LogP contribution in [0.5, 0.6) is 0 Å². The van der Waals surface area contributed by atoms with Crippen molar-refractivity contribution in [2.45, 2.75) is 24.3 Å². The molecule has 0 aliphatic rings. The van der Waals surface area contributed by atoms with Crippen LogP contribution in [0.4, 0.5) is 10.1 Å². The number of aliphatic hydroxyl groups is 1. The second-order valence-electron chi connectivity index (χ2n) is 3.06. The Morgan fingerprint density at radius 1 is 1.57 bits per heavy atom. The number of anilines is 1. The van der Waals surface area contributed by atoms with Crippen molar-refractivity contribution < 1.29 is 9.50 Å². The summed E-state index contributed by atoms with van der Waals surface area (Å²) in [5.74, 6) is 0.247. The Morgan fingerprint density at radius 3 is 2.93 bits per heavy atom. The Labute approximate surface area is 87.3 Å². The third-order valence-corrected chi connectivity index (χ3v) is 3.09. The lowest BCUT2D eigenvalue weighted by Gasteiger charge is -2.08. The lowest BCUT2D eigenvalue weighted by molar-refractivity contribution is 0.195. The fourth-order valence-electron chi connectivity index (χ4n) is 0.937. The smallest absolute Gasteiger partial charge is 0.124 e. The topological polar surface area (TPSA) is 46.2 Å². The summed E-state index contributed by atoms with van der Waals surface area (Å²) in [5.41, 5.74) is 6.20. The monoisotopic (exact) mass is 215 g/mol. The molecule has 0 aliphatic carbocycles. The van der Waals surface area contributed by atoms with Gasteiger partial charge in [0, 0.05) is 16.3 Å². The lowest BCUT2D eigenvalue weighted by atomic mass is 10.3. The van der Waals surface area contributed by atoms with Crippen LogP contribution in [0.15, 0.2) is 23.1 Å². The predicted octanol–water partition coefficient (Wildman–Crippen LogP) is 2.27. The first-order valence-corrected chi connectivity index (χ1v) is 5.48. The zero-order valence-electron chi connectivity index (χ0n) is 8.03. The van der Waals surface area contributed by atoms with Crippen LogP contribution in [0, 0.1) is 5.82 Å². The van der Waals surface area contributed by atoms with Gasteiger partial charge < -0.3 is 10.8 Å². The molecule has 0 saturated heterocycles. The molecule has 0 fully saturated rings. The normalized spacial score (nSPS) is 12.8. The van der Waals surface area contributed by atoms with Gasteiger partial charge in [-0.3, -0.25) is 0 Å². The van der Waals surface area contributed by atoms with Gasteiger partial charge in [-0.05, 0) is 24.6 Å². The van der Waals surface area contributed by atoms with E-state index in [2.05, 4.69) is 0 Å². The fourth-order valence-corrected chi connectivity index (χ4v) is 1.98. The number of nitrogen functional groups attached to an aromatic ring is 1. The molecule has 0 radical (unpaired) electrons. The first-order chi connectivity index (χ1) is 6.63. The molecule has 78 valence electrons. The van der Waals surface area contributed by atoms with E-state index in [1.807, 2.05) is 6.92 Å². The van der Waals surface area contributed by atoms with Crippen molar-refractivity contribution in [2.24, 2.45) is 0 Å². The number of nitrogens with two attached hydrogens (primary N) is 1. The first kappa shape index (κ1) is 11.3. The molecule has 2 nitrogen and oxygen atoms in total. The molecule has 1 unspecified atom stereocenters. The second kappa shape index (κ2) is 5.22. The summed E-state index contributed by atoms with van der Waals surface area (Å²) in [4.78, 5) is 0.692. The molecule has 0 saturated carbocycles. The van der Waals surface area contributed by atoms with E-state index in [9.17, 15) is 9.50 Å². The van der Waals surface area contributed by atoms with E-state index in [-0.39, 0.29) is 11.9 Å². The zero-order chi connectivity index (χ0) is 10.6. The largest absolute Gasteiger partial charge is 0.398 e. The number of halogens is 1. The maximum Gasteiger partial charge on any atom is 0.124 e. The Bertz CT molecular complexity index is 306. The fraction of sp³-hybridized carbons (Fsp3) is 0.400. The first-order valence-electron chi connectivity index (χ1n) is 4.49. The van der Waals surface area contributed by atoms with E-state index in [0.29, 0.717) is 22.8 Å². The van der Waals surface area contributed by atoms with Gasteiger partial charge in [0.1, 0.15) is 5.82 Å². The minimum atomic E-state index is -0.359. The number of thioether (sulfide) groups is 1. The highest BCUT2D eigenvalue weighted by molar-refractivity contribution is 7.99. The van der Waals surface area contributed by atoms with Crippen molar-refractivity contribution >= 4 is 17.4 Å². The van der Waals surface area contributed by atoms with E-state index in [0.717, 1.165) is 0 Å². The zero-order valence-corrected chi connectivity index (χ0v) is 8.85. The lowest BCUT2D eigenvalue weighted by Crippen LogP contribution is -2.07. The average molecular weight is 215 g/mol. The summed E-state index contributed by atoms with van der Waals surface area (Å²) in [6, 6.07) is 4.26. The molecule has 0 aliphatic heterocycles. The van der Waals surface area contributed by atoms with Crippen LogP contribution in [0.25, 0.3) is 0 Å². The number of hydrogen-bond acceptors (Lipinski definition) is 3. The summed E-state index contributed by atoms with van der Waals surface area (Å²) in [7, 11) is 0. The van der Waals surface area contributed by atoms with Crippen LogP contribution in [0.3, 0.4) is 0 Å². The minimum absolute atomic E-state index is 0.298. The maximum absolute atomic E-state index is 12.8. The van der Waals surface area contributed by atoms with Crippen LogP contribution in [0.1, 0.15) is 13.3 Å². The van der Waals surface area contributed by atoms with Crippen molar-refractivity contribution in [1.29, 1.82) is 0 Å². The van der Waals surface area contributed by atoms with Crippen LogP contribution in [0.2, 0.25) is 0 Å². The SMILES string of the molecule is CCC(O)CSc1cc(F)ccc1N.